The molecule has 2 rings (SSSR count). The first kappa shape index (κ1) is 10.1. The zero-order chi connectivity index (χ0) is 10.7. The van der Waals surface area contributed by atoms with E-state index >= 15 is 0 Å². The van der Waals surface area contributed by atoms with Gasteiger partial charge in [-0.2, -0.15) is 4.39 Å². The van der Waals surface area contributed by atoms with Crippen molar-refractivity contribution in [3.8, 4) is 11.1 Å². The molecule has 0 aromatic carbocycles. The molecule has 0 spiro atoms. The molecule has 2 aromatic heterocycles. The minimum absolute atomic E-state index is 0.364. The van der Waals surface area contributed by atoms with Gasteiger partial charge in [0.15, 0.2) is 0 Å². The van der Waals surface area contributed by atoms with Crippen molar-refractivity contribution in [3.63, 3.8) is 0 Å². The first-order valence-electron chi connectivity index (χ1n) is 4.42. The van der Waals surface area contributed by atoms with Crippen molar-refractivity contribution in [1.29, 1.82) is 0 Å². The van der Waals surface area contributed by atoms with Gasteiger partial charge >= 0.3 is 0 Å². The van der Waals surface area contributed by atoms with Crippen LogP contribution < -0.4 is 0 Å². The van der Waals surface area contributed by atoms with Crippen LogP contribution in [0, 0.1) is 5.95 Å². The molecule has 2 heterocycles. The van der Waals surface area contributed by atoms with Crippen LogP contribution in [0.25, 0.3) is 11.1 Å². The second kappa shape index (κ2) is 4.36. The Morgan fingerprint density at radius 1 is 1.33 bits per heavy atom. The molecule has 0 saturated carbocycles. The van der Waals surface area contributed by atoms with Crippen molar-refractivity contribution >= 4 is 11.6 Å². The van der Waals surface area contributed by atoms with E-state index in [2.05, 4.69) is 9.97 Å². The number of halogens is 2. The molecule has 0 amide bonds. The number of aromatic nitrogens is 2. The van der Waals surface area contributed by atoms with E-state index in [1.54, 1.807) is 30.6 Å². The summed E-state index contributed by atoms with van der Waals surface area (Å²) in [5.74, 6) is -0.131. The summed E-state index contributed by atoms with van der Waals surface area (Å²) in [4.78, 5) is 7.58. The second-order valence-corrected chi connectivity index (χ2v) is 3.32. The fraction of sp³-hybridized carbons (Fsp3) is 0.0909. The molecule has 0 radical (unpaired) electrons. The van der Waals surface area contributed by atoms with Gasteiger partial charge in [0, 0.05) is 35.6 Å². The van der Waals surface area contributed by atoms with Crippen molar-refractivity contribution < 1.29 is 4.39 Å². The number of pyridine rings is 2. The maximum Gasteiger partial charge on any atom is 0.220 e. The quantitative estimate of drug-likeness (QED) is 0.577. The van der Waals surface area contributed by atoms with Crippen LogP contribution in [0.3, 0.4) is 0 Å². The molecule has 0 atom stereocenters. The van der Waals surface area contributed by atoms with Crippen molar-refractivity contribution in [2.45, 2.75) is 5.88 Å². The minimum atomic E-state index is -0.494. The van der Waals surface area contributed by atoms with Crippen LogP contribution in [-0.4, -0.2) is 9.97 Å². The minimum Gasteiger partial charge on any atom is -0.264 e. The van der Waals surface area contributed by atoms with Gasteiger partial charge in [0.1, 0.15) is 0 Å². The summed E-state index contributed by atoms with van der Waals surface area (Å²) >= 11 is 5.68. The Balaban J connectivity index is 2.49. The molecule has 0 saturated heterocycles. The Morgan fingerprint density at radius 2 is 2.20 bits per heavy atom. The van der Waals surface area contributed by atoms with Gasteiger partial charge in [-0.25, -0.2) is 4.98 Å². The normalized spacial score (nSPS) is 10.3. The third kappa shape index (κ3) is 2.13. The summed E-state index contributed by atoms with van der Waals surface area (Å²) in [5, 5.41) is 0. The molecule has 0 fully saturated rings. The fourth-order valence-electron chi connectivity index (χ4n) is 1.31. The van der Waals surface area contributed by atoms with Crippen molar-refractivity contribution in [2.75, 3.05) is 0 Å². The van der Waals surface area contributed by atoms with E-state index in [-0.39, 0.29) is 0 Å². The lowest BCUT2D eigenvalue weighted by Crippen LogP contribution is -1.90. The van der Waals surface area contributed by atoms with Crippen LogP contribution in [0.15, 0.2) is 36.8 Å². The van der Waals surface area contributed by atoms with Gasteiger partial charge < -0.3 is 0 Å². The van der Waals surface area contributed by atoms with E-state index in [1.807, 2.05) is 0 Å². The first-order chi connectivity index (χ1) is 7.31. The molecule has 76 valence electrons. The van der Waals surface area contributed by atoms with E-state index < -0.39 is 5.95 Å². The number of alkyl halides is 1. The van der Waals surface area contributed by atoms with Gasteiger partial charge in [0.2, 0.25) is 5.95 Å². The van der Waals surface area contributed by atoms with E-state index in [0.717, 1.165) is 5.56 Å². The molecular formula is C11H8ClFN2. The molecule has 0 aliphatic heterocycles. The first-order valence-corrected chi connectivity index (χ1v) is 4.95. The number of hydrogen-bond donors (Lipinski definition) is 0. The molecule has 0 N–H and O–H groups in total. The molecular weight excluding hydrogens is 215 g/mol. The van der Waals surface area contributed by atoms with Crippen LogP contribution in [0.4, 0.5) is 4.39 Å². The van der Waals surface area contributed by atoms with Crippen LogP contribution in [-0.2, 0) is 5.88 Å². The summed E-state index contributed by atoms with van der Waals surface area (Å²) in [7, 11) is 0. The largest absolute Gasteiger partial charge is 0.264 e. The van der Waals surface area contributed by atoms with Crippen molar-refractivity contribution in [2.24, 2.45) is 0 Å². The lowest BCUT2D eigenvalue weighted by Gasteiger charge is -2.02. The zero-order valence-corrected chi connectivity index (χ0v) is 8.58. The lowest BCUT2D eigenvalue weighted by molar-refractivity contribution is 0.587. The van der Waals surface area contributed by atoms with Gasteiger partial charge in [-0.15, -0.1) is 11.6 Å². The van der Waals surface area contributed by atoms with Crippen molar-refractivity contribution in [1.82, 2.24) is 9.97 Å². The average molecular weight is 223 g/mol. The monoisotopic (exact) mass is 222 g/mol. The predicted octanol–water partition coefficient (Wildman–Crippen LogP) is 3.02. The summed E-state index contributed by atoms with van der Waals surface area (Å²) in [6.45, 7) is 0. The Labute approximate surface area is 91.8 Å². The second-order valence-electron chi connectivity index (χ2n) is 3.06. The maximum atomic E-state index is 13.3. The number of nitrogens with zero attached hydrogens (tertiary/aromatic N) is 2. The highest BCUT2D eigenvalue weighted by atomic mass is 35.5. The molecule has 0 aliphatic rings. The highest BCUT2D eigenvalue weighted by Gasteiger charge is 2.05. The zero-order valence-electron chi connectivity index (χ0n) is 7.82. The lowest BCUT2D eigenvalue weighted by atomic mass is 10.1. The number of rotatable bonds is 2. The average Bonchev–Trinajstić information content (AvgIpc) is 2.30. The van der Waals surface area contributed by atoms with Gasteiger partial charge in [-0.1, -0.05) is 0 Å². The SMILES string of the molecule is Fc1ncccc1-c1cncc(CCl)c1. The maximum absolute atomic E-state index is 13.3. The van der Waals surface area contributed by atoms with E-state index in [0.29, 0.717) is 17.0 Å². The van der Waals surface area contributed by atoms with Gasteiger partial charge in [-0.05, 0) is 23.8 Å². The third-order valence-electron chi connectivity index (χ3n) is 2.02. The van der Waals surface area contributed by atoms with Crippen molar-refractivity contribution in [3.05, 3.63) is 48.3 Å². The summed E-state index contributed by atoms with van der Waals surface area (Å²) in [6.07, 6.45) is 4.67. The smallest absolute Gasteiger partial charge is 0.220 e. The highest BCUT2D eigenvalue weighted by Crippen LogP contribution is 2.21. The highest BCUT2D eigenvalue weighted by molar-refractivity contribution is 6.17. The third-order valence-corrected chi connectivity index (χ3v) is 2.33. The molecule has 0 aliphatic carbocycles. The van der Waals surface area contributed by atoms with Crippen LogP contribution in [0.2, 0.25) is 0 Å². The molecule has 4 heteroatoms. The predicted molar refractivity (Wildman–Crippen MR) is 57.0 cm³/mol. The summed E-state index contributed by atoms with van der Waals surface area (Å²) < 4.78 is 13.3. The Morgan fingerprint density at radius 3 is 2.93 bits per heavy atom. The van der Waals surface area contributed by atoms with Gasteiger partial charge in [-0.3, -0.25) is 4.98 Å². The summed E-state index contributed by atoms with van der Waals surface area (Å²) in [6, 6.07) is 5.16. The van der Waals surface area contributed by atoms with Crippen LogP contribution >= 0.6 is 11.6 Å². The number of hydrogen-bond acceptors (Lipinski definition) is 2. The van der Waals surface area contributed by atoms with Gasteiger partial charge in [0.25, 0.3) is 0 Å². The molecule has 15 heavy (non-hydrogen) atoms. The molecule has 0 bridgehead atoms. The van der Waals surface area contributed by atoms with E-state index in [1.165, 1.54) is 6.20 Å². The Bertz CT molecular complexity index is 474. The Kier molecular flexibility index (Phi) is 2.92. The Hall–Kier alpha value is -1.48. The van der Waals surface area contributed by atoms with E-state index in [9.17, 15) is 4.39 Å². The molecule has 2 aromatic rings. The molecule has 2 nitrogen and oxygen atoms in total. The van der Waals surface area contributed by atoms with Crippen LogP contribution in [0.5, 0.6) is 0 Å². The fourth-order valence-corrected chi connectivity index (χ4v) is 1.46. The summed E-state index contributed by atoms with van der Waals surface area (Å²) in [5.41, 5.74) is 1.99. The standard InChI is InChI=1S/C11H8ClFN2/c12-5-8-4-9(7-14-6-8)10-2-1-3-15-11(10)13/h1-4,6-7H,5H2. The topological polar surface area (TPSA) is 25.8 Å². The van der Waals surface area contributed by atoms with Crippen LogP contribution in [0.1, 0.15) is 5.56 Å². The molecule has 0 unspecified atom stereocenters. The van der Waals surface area contributed by atoms with Gasteiger partial charge in [0.05, 0.1) is 0 Å². The van der Waals surface area contributed by atoms with E-state index in [4.69, 9.17) is 11.6 Å².